The van der Waals surface area contributed by atoms with Crippen LogP contribution in [-0.4, -0.2) is 47.9 Å². The van der Waals surface area contributed by atoms with E-state index in [1.54, 1.807) is 12.1 Å². The summed E-state index contributed by atoms with van der Waals surface area (Å²) in [4.78, 5) is 33.7. The first kappa shape index (κ1) is 24.3. The van der Waals surface area contributed by atoms with E-state index < -0.39 is 17.6 Å². The van der Waals surface area contributed by atoms with Crippen LogP contribution in [0.2, 0.25) is 0 Å². The molecule has 2 amide bonds. The molecule has 4 rings (SSSR count). The Morgan fingerprint density at radius 3 is 2.46 bits per heavy atom. The molecule has 0 bridgehead atoms. The third-order valence-electron chi connectivity index (χ3n) is 5.94. The van der Waals surface area contributed by atoms with Crippen molar-refractivity contribution in [3.63, 3.8) is 0 Å². The fourth-order valence-corrected chi connectivity index (χ4v) is 4.02. The van der Waals surface area contributed by atoms with Gasteiger partial charge >= 0.3 is 6.18 Å². The summed E-state index contributed by atoms with van der Waals surface area (Å²) < 4.78 is 38.7. The Bertz CT molecular complexity index is 1210. The zero-order chi connectivity index (χ0) is 25.0. The van der Waals surface area contributed by atoms with E-state index in [4.69, 9.17) is 0 Å². The monoisotopic (exact) mass is 482 g/mol. The number of amides is 2. The van der Waals surface area contributed by atoms with Gasteiger partial charge in [-0.1, -0.05) is 24.3 Å². The third kappa shape index (κ3) is 5.79. The number of benzene rings is 2. The third-order valence-corrected chi connectivity index (χ3v) is 5.94. The van der Waals surface area contributed by atoms with Gasteiger partial charge in [-0.15, -0.1) is 0 Å². The Morgan fingerprint density at radius 1 is 0.943 bits per heavy atom. The highest BCUT2D eigenvalue weighted by Gasteiger charge is 2.31. The normalized spacial score (nSPS) is 14.4. The minimum atomic E-state index is -4.52. The van der Waals surface area contributed by atoms with Crippen molar-refractivity contribution in [2.24, 2.45) is 0 Å². The molecule has 0 radical (unpaired) electrons. The molecule has 0 saturated carbocycles. The van der Waals surface area contributed by atoms with Crippen LogP contribution in [0.3, 0.4) is 0 Å². The Labute approximate surface area is 201 Å². The van der Waals surface area contributed by atoms with E-state index in [9.17, 15) is 22.8 Å². The van der Waals surface area contributed by atoms with E-state index in [-0.39, 0.29) is 11.5 Å². The Balaban J connectivity index is 1.38. The van der Waals surface area contributed by atoms with Gasteiger partial charge in [0.05, 0.1) is 17.4 Å². The number of nitrogens with one attached hydrogen (secondary N) is 1. The van der Waals surface area contributed by atoms with Gasteiger partial charge in [0.1, 0.15) is 5.82 Å². The van der Waals surface area contributed by atoms with Crippen LogP contribution >= 0.6 is 0 Å². The lowest BCUT2D eigenvalue weighted by Crippen LogP contribution is -2.35. The zero-order valence-electron chi connectivity index (χ0n) is 19.2. The molecule has 0 aliphatic carbocycles. The van der Waals surface area contributed by atoms with E-state index in [1.807, 2.05) is 36.1 Å². The van der Waals surface area contributed by atoms with Gasteiger partial charge < -0.3 is 15.1 Å². The molecule has 1 fully saturated rings. The van der Waals surface area contributed by atoms with Gasteiger partial charge in [0.2, 0.25) is 0 Å². The lowest BCUT2D eigenvalue weighted by atomic mass is 10.1. The van der Waals surface area contributed by atoms with E-state index in [0.29, 0.717) is 36.7 Å². The van der Waals surface area contributed by atoms with Crippen LogP contribution < -0.4 is 10.2 Å². The molecule has 2 aromatic carbocycles. The van der Waals surface area contributed by atoms with Crippen molar-refractivity contribution in [2.45, 2.75) is 19.5 Å². The maximum absolute atomic E-state index is 12.9. The lowest BCUT2D eigenvalue weighted by Gasteiger charge is -2.23. The predicted octanol–water partition coefficient (Wildman–Crippen LogP) is 5.01. The number of anilines is 2. The maximum Gasteiger partial charge on any atom is 0.416 e. The van der Waals surface area contributed by atoms with Gasteiger partial charge in [-0.2, -0.15) is 13.2 Å². The summed E-state index contributed by atoms with van der Waals surface area (Å²) in [6.07, 6.45) is -2.26. The van der Waals surface area contributed by atoms with E-state index in [1.165, 1.54) is 18.3 Å². The number of alkyl halides is 3. The maximum atomic E-state index is 12.9. The molecule has 0 atom stereocenters. The topological polar surface area (TPSA) is 65.5 Å². The van der Waals surface area contributed by atoms with Crippen molar-refractivity contribution in [2.75, 3.05) is 36.4 Å². The molecule has 6 nitrogen and oxygen atoms in total. The number of carbonyl (C=O) groups excluding carboxylic acids is 2. The molecule has 35 heavy (non-hydrogen) atoms. The number of hydrogen-bond acceptors (Lipinski definition) is 4. The second-order valence-electron chi connectivity index (χ2n) is 8.39. The van der Waals surface area contributed by atoms with Crippen LogP contribution in [0.25, 0.3) is 0 Å². The van der Waals surface area contributed by atoms with Crippen LogP contribution in [0.4, 0.5) is 24.7 Å². The molecule has 3 aromatic rings. The van der Waals surface area contributed by atoms with Crippen molar-refractivity contribution < 1.29 is 22.8 Å². The zero-order valence-corrected chi connectivity index (χ0v) is 19.2. The SMILES string of the molecule is Cc1ccccc1C(=O)N1CCCN(c2ccc(NC(=O)c3cccc(C(F)(F)F)c3)cn2)CC1. The molecule has 1 aliphatic rings. The Kier molecular flexibility index (Phi) is 7.04. The highest BCUT2D eigenvalue weighted by atomic mass is 19.4. The Morgan fingerprint density at radius 2 is 1.74 bits per heavy atom. The summed E-state index contributed by atoms with van der Waals surface area (Å²) in [5.41, 5.74) is 1.06. The van der Waals surface area contributed by atoms with Crippen molar-refractivity contribution in [1.29, 1.82) is 0 Å². The van der Waals surface area contributed by atoms with Gasteiger partial charge in [-0.05, 0) is 55.3 Å². The average Bonchev–Trinajstić information content (AvgIpc) is 3.10. The van der Waals surface area contributed by atoms with E-state index >= 15 is 0 Å². The highest BCUT2D eigenvalue weighted by molar-refractivity contribution is 6.04. The molecule has 182 valence electrons. The number of aromatic nitrogens is 1. The fraction of sp³-hybridized carbons (Fsp3) is 0.269. The first-order valence-electron chi connectivity index (χ1n) is 11.3. The van der Waals surface area contributed by atoms with Gasteiger partial charge in [-0.25, -0.2) is 4.98 Å². The largest absolute Gasteiger partial charge is 0.416 e. The smallest absolute Gasteiger partial charge is 0.355 e. The van der Waals surface area contributed by atoms with Crippen LogP contribution in [0.1, 0.15) is 38.3 Å². The second kappa shape index (κ2) is 10.2. The summed E-state index contributed by atoms with van der Waals surface area (Å²) >= 11 is 0. The van der Waals surface area contributed by atoms with Crippen LogP contribution in [0, 0.1) is 6.92 Å². The quantitative estimate of drug-likeness (QED) is 0.568. The summed E-state index contributed by atoms with van der Waals surface area (Å²) in [5.74, 6) is 0.0728. The Hall–Kier alpha value is -3.88. The molecule has 1 saturated heterocycles. The standard InChI is InChI=1S/C26H25F3N4O2/c1-18-6-2-3-9-22(18)25(35)33-13-5-12-32(14-15-33)23-11-10-21(17-30-23)31-24(34)19-7-4-8-20(16-19)26(27,28)29/h2-4,6-11,16-17H,5,12-15H2,1H3,(H,31,34). The minimum Gasteiger partial charge on any atom is -0.355 e. The summed E-state index contributed by atoms with van der Waals surface area (Å²) in [6.45, 7) is 4.47. The fourth-order valence-electron chi connectivity index (χ4n) is 4.02. The van der Waals surface area contributed by atoms with Gasteiger partial charge in [-0.3, -0.25) is 9.59 Å². The molecule has 1 aromatic heterocycles. The lowest BCUT2D eigenvalue weighted by molar-refractivity contribution is -0.137. The highest BCUT2D eigenvalue weighted by Crippen LogP contribution is 2.29. The predicted molar refractivity (Wildman–Crippen MR) is 128 cm³/mol. The summed E-state index contributed by atoms with van der Waals surface area (Å²) in [5, 5.41) is 2.58. The minimum absolute atomic E-state index is 0.0190. The summed E-state index contributed by atoms with van der Waals surface area (Å²) in [6, 6.07) is 15.2. The first-order valence-corrected chi connectivity index (χ1v) is 11.3. The van der Waals surface area contributed by atoms with Crippen LogP contribution in [0.5, 0.6) is 0 Å². The van der Waals surface area contributed by atoms with Gasteiger partial charge in [0.25, 0.3) is 11.8 Å². The van der Waals surface area contributed by atoms with Crippen LogP contribution in [0.15, 0.2) is 66.9 Å². The number of rotatable bonds is 4. The van der Waals surface area contributed by atoms with Gasteiger partial charge in [0, 0.05) is 37.3 Å². The van der Waals surface area contributed by atoms with E-state index in [2.05, 4.69) is 15.2 Å². The molecule has 2 heterocycles. The number of hydrogen-bond donors (Lipinski definition) is 1. The molecule has 1 aliphatic heterocycles. The first-order chi connectivity index (χ1) is 16.7. The molecule has 1 N–H and O–H groups in total. The van der Waals surface area contributed by atoms with Crippen molar-refractivity contribution in [3.8, 4) is 0 Å². The summed E-state index contributed by atoms with van der Waals surface area (Å²) in [7, 11) is 0. The number of pyridine rings is 1. The van der Waals surface area contributed by atoms with Crippen molar-refractivity contribution in [3.05, 3.63) is 89.1 Å². The number of nitrogens with zero attached hydrogens (tertiary/aromatic N) is 3. The van der Waals surface area contributed by atoms with Gasteiger partial charge in [0.15, 0.2) is 0 Å². The molecular weight excluding hydrogens is 457 g/mol. The second-order valence-corrected chi connectivity index (χ2v) is 8.39. The average molecular weight is 483 g/mol. The molecule has 9 heteroatoms. The number of halogens is 3. The van der Waals surface area contributed by atoms with Crippen molar-refractivity contribution in [1.82, 2.24) is 9.88 Å². The molecule has 0 unspecified atom stereocenters. The molecular formula is C26H25F3N4O2. The molecule has 0 spiro atoms. The number of aryl methyl sites for hydroxylation is 1. The van der Waals surface area contributed by atoms with Crippen LogP contribution in [-0.2, 0) is 6.18 Å². The van der Waals surface area contributed by atoms with E-state index in [0.717, 1.165) is 30.7 Å². The van der Waals surface area contributed by atoms with Crippen molar-refractivity contribution >= 4 is 23.3 Å². The number of carbonyl (C=O) groups is 2.